The lowest BCUT2D eigenvalue weighted by Gasteiger charge is -2.00. The number of benzene rings is 1. The second-order valence-corrected chi connectivity index (χ2v) is 7.49. The smallest absolute Gasteiger partial charge is 0.206 e. The van der Waals surface area contributed by atoms with Crippen LogP contribution in [0.4, 0.5) is 0 Å². The second-order valence-electron chi connectivity index (χ2n) is 5.71. The van der Waals surface area contributed by atoms with Crippen molar-refractivity contribution in [1.29, 1.82) is 0 Å². The molecule has 1 aromatic carbocycles. The molecule has 0 aliphatic heterocycles. The number of thiophene rings is 1. The molecule has 6 heteroatoms. The standard InChI is InChI=1S/C20H17N3OS2/c1-3-9-21-20-23(22-12-19-14(2)8-10-25-19)16(13-26-20)18-11-15-6-4-5-7-17(15)24-18/h3-8,10-13H,1,9H2,2H3. The molecule has 0 amide bonds. The minimum absolute atomic E-state index is 0.549. The molecule has 0 spiro atoms. The first-order valence-electron chi connectivity index (χ1n) is 8.15. The van der Waals surface area contributed by atoms with Crippen LogP contribution in [0.5, 0.6) is 0 Å². The minimum Gasteiger partial charge on any atom is -0.454 e. The van der Waals surface area contributed by atoms with E-state index in [2.05, 4.69) is 29.9 Å². The van der Waals surface area contributed by atoms with Crippen molar-refractivity contribution in [2.45, 2.75) is 6.92 Å². The van der Waals surface area contributed by atoms with Crippen LogP contribution in [0, 0.1) is 6.92 Å². The largest absolute Gasteiger partial charge is 0.454 e. The first kappa shape index (κ1) is 16.8. The van der Waals surface area contributed by atoms with Crippen molar-refractivity contribution in [3.8, 4) is 11.5 Å². The third-order valence-electron chi connectivity index (χ3n) is 3.91. The molecule has 3 heterocycles. The van der Waals surface area contributed by atoms with E-state index < -0.39 is 0 Å². The zero-order valence-corrected chi connectivity index (χ0v) is 15.9. The lowest BCUT2D eigenvalue weighted by atomic mass is 10.2. The molecular formula is C20H17N3OS2. The molecule has 4 nitrogen and oxygen atoms in total. The quantitative estimate of drug-likeness (QED) is 0.343. The highest BCUT2D eigenvalue weighted by molar-refractivity contribution is 7.11. The Bertz CT molecular complexity index is 1120. The third kappa shape index (κ3) is 3.21. The predicted octanol–water partition coefficient (Wildman–Crippen LogP) is 5.30. The van der Waals surface area contributed by atoms with E-state index >= 15 is 0 Å². The molecule has 0 fully saturated rings. The maximum absolute atomic E-state index is 6.03. The zero-order chi connectivity index (χ0) is 17.9. The fourth-order valence-electron chi connectivity index (χ4n) is 2.57. The van der Waals surface area contributed by atoms with E-state index in [1.165, 1.54) is 5.56 Å². The lowest BCUT2D eigenvalue weighted by Crippen LogP contribution is -2.12. The lowest BCUT2D eigenvalue weighted by molar-refractivity contribution is 0.621. The summed E-state index contributed by atoms with van der Waals surface area (Å²) in [7, 11) is 0. The Balaban J connectivity index is 1.84. The molecule has 0 aliphatic rings. The van der Waals surface area contributed by atoms with Gasteiger partial charge in [-0.2, -0.15) is 5.10 Å². The monoisotopic (exact) mass is 379 g/mol. The summed E-state index contributed by atoms with van der Waals surface area (Å²) in [6.45, 7) is 6.38. The number of para-hydroxylation sites is 1. The van der Waals surface area contributed by atoms with Crippen LogP contribution in [-0.2, 0) is 0 Å². The number of furan rings is 1. The minimum atomic E-state index is 0.549. The summed E-state index contributed by atoms with van der Waals surface area (Å²) >= 11 is 3.21. The Kier molecular flexibility index (Phi) is 4.69. The molecule has 0 N–H and O–H groups in total. The molecule has 0 saturated heterocycles. The Morgan fingerprint density at radius 2 is 2.12 bits per heavy atom. The van der Waals surface area contributed by atoms with Gasteiger partial charge >= 0.3 is 0 Å². The number of aryl methyl sites for hydroxylation is 1. The van der Waals surface area contributed by atoms with Gasteiger partial charge in [-0.1, -0.05) is 24.3 Å². The van der Waals surface area contributed by atoms with E-state index in [0.29, 0.717) is 6.54 Å². The van der Waals surface area contributed by atoms with Gasteiger partial charge in [-0.15, -0.1) is 29.3 Å². The number of hydrogen-bond acceptors (Lipinski definition) is 5. The number of rotatable bonds is 5. The van der Waals surface area contributed by atoms with E-state index in [9.17, 15) is 0 Å². The molecule has 3 aromatic heterocycles. The Morgan fingerprint density at radius 3 is 2.88 bits per heavy atom. The summed E-state index contributed by atoms with van der Waals surface area (Å²) in [5.74, 6) is 0.780. The summed E-state index contributed by atoms with van der Waals surface area (Å²) in [6.07, 6.45) is 3.66. The van der Waals surface area contributed by atoms with Crippen molar-refractivity contribution < 1.29 is 4.42 Å². The molecule has 130 valence electrons. The van der Waals surface area contributed by atoms with Gasteiger partial charge in [-0.3, -0.25) is 4.99 Å². The fraction of sp³-hybridized carbons (Fsp3) is 0.100. The van der Waals surface area contributed by atoms with Crippen molar-refractivity contribution in [2.24, 2.45) is 10.1 Å². The molecule has 0 unspecified atom stereocenters. The van der Waals surface area contributed by atoms with Crippen LogP contribution in [0.2, 0.25) is 0 Å². The summed E-state index contributed by atoms with van der Waals surface area (Å²) in [6, 6.07) is 12.1. The van der Waals surface area contributed by atoms with Crippen molar-refractivity contribution in [3.63, 3.8) is 0 Å². The molecule has 0 bridgehead atoms. The average Bonchev–Trinajstić information content (AvgIpc) is 3.35. The van der Waals surface area contributed by atoms with Gasteiger partial charge in [0.05, 0.1) is 17.6 Å². The number of thiazole rings is 1. The van der Waals surface area contributed by atoms with Gasteiger partial charge in [-0.05, 0) is 36.1 Å². The van der Waals surface area contributed by atoms with Gasteiger partial charge in [-0.25, -0.2) is 4.68 Å². The maximum atomic E-state index is 6.03. The first-order chi connectivity index (χ1) is 12.8. The van der Waals surface area contributed by atoms with Gasteiger partial charge in [0.25, 0.3) is 0 Å². The summed E-state index contributed by atoms with van der Waals surface area (Å²) in [4.78, 5) is 6.50. The number of nitrogens with zero attached hydrogens (tertiary/aromatic N) is 3. The Hall–Kier alpha value is -2.70. The molecule has 4 rings (SSSR count). The van der Waals surface area contributed by atoms with Crippen LogP contribution in [0.25, 0.3) is 22.4 Å². The summed E-state index contributed by atoms with van der Waals surface area (Å²) < 4.78 is 7.86. The van der Waals surface area contributed by atoms with Crippen molar-refractivity contribution in [1.82, 2.24) is 4.68 Å². The van der Waals surface area contributed by atoms with Crippen LogP contribution < -0.4 is 4.80 Å². The molecular weight excluding hydrogens is 362 g/mol. The molecule has 4 aromatic rings. The van der Waals surface area contributed by atoms with Crippen LogP contribution in [-0.4, -0.2) is 17.4 Å². The van der Waals surface area contributed by atoms with Crippen LogP contribution in [0.1, 0.15) is 10.4 Å². The SMILES string of the molecule is C=CCN=c1scc(-c2cc3ccccc3o2)n1N=Cc1sccc1C. The van der Waals surface area contributed by atoms with E-state index in [1.807, 2.05) is 46.6 Å². The summed E-state index contributed by atoms with van der Waals surface area (Å²) in [5.41, 5.74) is 2.96. The van der Waals surface area contributed by atoms with E-state index in [1.54, 1.807) is 28.7 Å². The van der Waals surface area contributed by atoms with Gasteiger partial charge in [0.15, 0.2) is 5.76 Å². The Labute approximate surface area is 159 Å². The topological polar surface area (TPSA) is 42.8 Å². The highest BCUT2D eigenvalue weighted by Crippen LogP contribution is 2.28. The Morgan fingerprint density at radius 1 is 1.23 bits per heavy atom. The second kappa shape index (κ2) is 7.27. The van der Waals surface area contributed by atoms with E-state index in [0.717, 1.165) is 32.1 Å². The van der Waals surface area contributed by atoms with Crippen LogP contribution in [0.15, 0.2) is 74.3 Å². The molecule has 0 saturated carbocycles. The van der Waals surface area contributed by atoms with Gasteiger partial charge in [0, 0.05) is 10.8 Å². The van der Waals surface area contributed by atoms with E-state index in [4.69, 9.17) is 9.52 Å². The third-order valence-corrected chi connectivity index (χ3v) is 5.72. The normalized spacial score (nSPS) is 12.4. The van der Waals surface area contributed by atoms with Crippen LogP contribution in [0.3, 0.4) is 0 Å². The predicted molar refractivity (Wildman–Crippen MR) is 110 cm³/mol. The van der Waals surface area contributed by atoms with Crippen molar-refractivity contribution in [3.05, 3.63) is 75.1 Å². The number of hydrogen-bond donors (Lipinski definition) is 0. The average molecular weight is 380 g/mol. The van der Waals surface area contributed by atoms with Crippen molar-refractivity contribution in [2.75, 3.05) is 6.54 Å². The number of aromatic nitrogens is 1. The molecule has 0 aliphatic carbocycles. The fourth-order valence-corrected chi connectivity index (χ4v) is 4.18. The summed E-state index contributed by atoms with van der Waals surface area (Å²) in [5, 5.41) is 9.86. The molecule has 0 radical (unpaired) electrons. The van der Waals surface area contributed by atoms with Gasteiger partial charge in [0.2, 0.25) is 4.80 Å². The van der Waals surface area contributed by atoms with Gasteiger partial charge in [0.1, 0.15) is 11.3 Å². The maximum Gasteiger partial charge on any atom is 0.206 e. The zero-order valence-electron chi connectivity index (χ0n) is 14.3. The van der Waals surface area contributed by atoms with Crippen molar-refractivity contribution >= 4 is 39.9 Å². The number of fused-ring (bicyclic) bond motifs is 1. The van der Waals surface area contributed by atoms with E-state index in [-0.39, 0.29) is 0 Å². The molecule has 26 heavy (non-hydrogen) atoms. The van der Waals surface area contributed by atoms with Gasteiger partial charge < -0.3 is 4.42 Å². The first-order valence-corrected chi connectivity index (χ1v) is 9.91. The highest BCUT2D eigenvalue weighted by Gasteiger charge is 2.12. The van der Waals surface area contributed by atoms with Crippen LogP contribution >= 0.6 is 22.7 Å². The highest BCUT2D eigenvalue weighted by atomic mass is 32.1. The molecule has 0 atom stereocenters.